The zero-order valence-corrected chi connectivity index (χ0v) is 10.7. The Hall–Kier alpha value is -1.27. The number of anilines is 1. The molecule has 1 aromatic carbocycles. The molecule has 0 aliphatic carbocycles. The molecule has 2 rings (SSSR count). The Kier molecular flexibility index (Phi) is 4.31. The number of hydrogen-bond donors (Lipinski definition) is 1. The molecule has 6 heteroatoms. The topological polar surface area (TPSA) is 32.5 Å². The van der Waals surface area contributed by atoms with Crippen molar-refractivity contribution in [2.24, 2.45) is 5.73 Å². The maximum Gasteiger partial charge on any atom is 0.416 e. The van der Waals surface area contributed by atoms with Crippen LogP contribution in [0.5, 0.6) is 0 Å². The average molecular weight is 273 g/mol. The van der Waals surface area contributed by atoms with Gasteiger partial charge in [0, 0.05) is 45.0 Å². The van der Waals surface area contributed by atoms with Gasteiger partial charge in [0.15, 0.2) is 0 Å². The van der Waals surface area contributed by atoms with Crippen molar-refractivity contribution in [3.8, 4) is 0 Å². The van der Waals surface area contributed by atoms with Crippen LogP contribution in [0.1, 0.15) is 5.56 Å². The van der Waals surface area contributed by atoms with Gasteiger partial charge in [0.25, 0.3) is 0 Å². The van der Waals surface area contributed by atoms with E-state index in [0.29, 0.717) is 12.2 Å². The molecule has 1 fully saturated rings. The molecule has 106 valence electrons. The zero-order valence-electron chi connectivity index (χ0n) is 10.7. The smallest absolute Gasteiger partial charge is 0.369 e. The van der Waals surface area contributed by atoms with Crippen LogP contribution in [0.2, 0.25) is 0 Å². The van der Waals surface area contributed by atoms with Crippen molar-refractivity contribution in [2.45, 2.75) is 6.18 Å². The molecule has 0 atom stereocenters. The van der Waals surface area contributed by atoms with E-state index in [0.717, 1.165) is 38.8 Å². The second-order valence-corrected chi connectivity index (χ2v) is 4.67. The first-order valence-electron chi connectivity index (χ1n) is 6.35. The van der Waals surface area contributed by atoms with Crippen LogP contribution in [0.3, 0.4) is 0 Å². The summed E-state index contributed by atoms with van der Waals surface area (Å²) in [6.45, 7) is 4.61. The molecule has 1 aromatic rings. The lowest BCUT2D eigenvalue weighted by Gasteiger charge is -2.36. The van der Waals surface area contributed by atoms with Crippen molar-refractivity contribution in [1.29, 1.82) is 0 Å². The van der Waals surface area contributed by atoms with E-state index in [4.69, 9.17) is 5.73 Å². The van der Waals surface area contributed by atoms with Crippen LogP contribution in [-0.2, 0) is 6.18 Å². The lowest BCUT2D eigenvalue weighted by molar-refractivity contribution is -0.137. The van der Waals surface area contributed by atoms with Gasteiger partial charge in [-0.3, -0.25) is 4.90 Å². The van der Waals surface area contributed by atoms with Gasteiger partial charge in [-0.25, -0.2) is 0 Å². The van der Waals surface area contributed by atoms with Crippen LogP contribution in [0.25, 0.3) is 0 Å². The summed E-state index contributed by atoms with van der Waals surface area (Å²) in [5.74, 6) is 0. The van der Waals surface area contributed by atoms with Crippen molar-refractivity contribution in [3.63, 3.8) is 0 Å². The summed E-state index contributed by atoms with van der Waals surface area (Å²) in [6.07, 6.45) is -4.28. The third kappa shape index (κ3) is 3.61. The number of alkyl halides is 3. The number of piperazine rings is 1. The lowest BCUT2D eigenvalue weighted by Crippen LogP contribution is -2.47. The molecule has 0 bridgehead atoms. The van der Waals surface area contributed by atoms with Crippen molar-refractivity contribution in [1.82, 2.24) is 4.90 Å². The summed E-state index contributed by atoms with van der Waals surface area (Å²) in [4.78, 5) is 4.21. The number of hydrogen-bond acceptors (Lipinski definition) is 3. The summed E-state index contributed by atoms with van der Waals surface area (Å²) >= 11 is 0. The number of nitrogens with zero attached hydrogens (tertiary/aromatic N) is 2. The van der Waals surface area contributed by atoms with Crippen LogP contribution in [0.15, 0.2) is 24.3 Å². The van der Waals surface area contributed by atoms with E-state index in [-0.39, 0.29) is 0 Å². The fourth-order valence-corrected chi connectivity index (χ4v) is 2.29. The number of rotatable bonds is 3. The Morgan fingerprint density at radius 1 is 1.11 bits per heavy atom. The summed E-state index contributed by atoms with van der Waals surface area (Å²) in [5.41, 5.74) is 5.54. The summed E-state index contributed by atoms with van der Waals surface area (Å²) < 4.78 is 38.0. The maximum absolute atomic E-state index is 12.7. The molecule has 1 saturated heterocycles. The van der Waals surface area contributed by atoms with E-state index >= 15 is 0 Å². The first-order chi connectivity index (χ1) is 9.00. The van der Waals surface area contributed by atoms with Crippen LogP contribution < -0.4 is 10.6 Å². The molecule has 1 aliphatic rings. The normalized spacial score (nSPS) is 17.8. The number of benzene rings is 1. The molecule has 0 unspecified atom stereocenters. The quantitative estimate of drug-likeness (QED) is 0.911. The van der Waals surface area contributed by atoms with Crippen LogP contribution in [-0.4, -0.2) is 44.2 Å². The van der Waals surface area contributed by atoms with Crippen LogP contribution >= 0.6 is 0 Å². The van der Waals surface area contributed by atoms with Gasteiger partial charge in [-0.2, -0.15) is 13.2 Å². The highest BCUT2D eigenvalue weighted by atomic mass is 19.4. The van der Waals surface area contributed by atoms with Gasteiger partial charge >= 0.3 is 6.18 Å². The van der Waals surface area contributed by atoms with Crippen molar-refractivity contribution in [3.05, 3.63) is 29.8 Å². The largest absolute Gasteiger partial charge is 0.416 e. The van der Waals surface area contributed by atoms with E-state index < -0.39 is 11.7 Å². The van der Waals surface area contributed by atoms with Crippen molar-refractivity contribution < 1.29 is 13.2 Å². The summed E-state index contributed by atoms with van der Waals surface area (Å²) in [6, 6.07) is 5.52. The molecular weight excluding hydrogens is 255 g/mol. The van der Waals surface area contributed by atoms with Gasteiger partial charge in [0.2, 0.25) is 0 Å². The second-order valence-electron chi connectivity index (χ2n) is 4.67. The van der Waals surface area contributed by atoms with E-state index in [2.05, 4.69) is 4.90 Å². The van der Waals surface area contributed by atoms with Crippen molar-refractivity contribution >= 4 is 5.69 Å². The standard InChI is InChI=1S/C13H18F3N3/c14-13(15,16)11-2-1-3-12(10-11)19-8-6-18(5-4-17)7-9-19/h1-3,10H,4-9,17H2. The Morgan fingerprint density at radius 3 is 2.37 bits per heavy atom. The third-order valence-corrected chi connectivity index (χ3v) is 3.36. The Labute approximate surface area is 110 Å². The lowest BCUT2D eigenvalue weighted by atomic mass is 10.1. The Bertz CT molecular complexity index is 412. The van der Waals surface area contributed by atoms with Gasteiger partial charge in [-0.1, -0.05) is 6.07 Å². The van der Waals surface area contributed by atoms with Crippen molar-refractivity contribution in [2.75, 3.05) is 44.2 Å². The number of halogens is 3. The van der Waals surface area contributed by atoms with E-state index in [1.54, 1.807) is 6.07 Å². The predicted octanol–water partition coefficient (Wildman–Crippen LogP) is 1.79. The fraction of sp³-hybridized carbons (Fsp3) is 0.538. The molecule has 2 N–H and O–H groups in total. The maximum atomic E-state index is 12.7. The van der Waals surface area contributed by atoms with E-state index in [9.17, 15) is 13.2 Å². The highest BCUT2D eigenvalue weighted by molar-refractivity contribution is 5.49. The van der Waals surface area contributed by atoms with Crippen LogP contribution in [0, 0.1) is 0 Å². The molecule has 0 spiro atoms. The molecule has 0 radical (unpaired) electrons. The molecule has 19 heavy (non-hydrogen) atoms. The monoisotopic (exact) mass is 273 g/mol. The van der Waals surface area contributed by atoms with Gasteiger partial charge < -0.3 is 10.6 Å². The molecular formula is C13H18F3N3. The summed E-state index contributed by atoms with van der Waals surface area (Å²) in [5, 5.41) is 0. The second kappa shape index (κ2) is 5.79. The van der Waals surface area contributed by atoms with Gasteiger partial charge in [-0.15, -0.1) is 0 Å². The van der Waals surface area contributed by atoms with Gasteiger partial charge in [0.05, 0.1) is 5.56 Å². The third-order valence-electron chi connectivity index (χ3n) is 3.36. The van der Waals surface area contributed by atoms with E-state index in [1.165, 1.54) is 12.1 Å². The van der Waals surface area contributed by atoms with Gasteiger partial charge in [0.1, 0.15) is 0 Å². The van der Waals surface area contributed by atoms with Gasteiger partial charge in [-0.05, 0) is 18.2 Å². The highest BCUT2D eigenvalue weighted by Crippen LogP contribution is 2.31. The summed E-state index contributed by atoms with van der Waals surface area (Å²) in [7, 11) is 0. The van der Waals surface area contributed by atoms with E-state index in [1.807, 2.05) is 4.90 Å². The first kappa shape index (κ1) is 14.1. The zero-order chi connectivity index (χ0) is 13.9. The highest BCUT2D eigenvalue weighted by Gasteiger charge is 2.31. The predicted molar refractivity (Wildman–Crippen MR) is 69.2 cm³/mol. The minimum atomic E-state index is -4.28. The molecule has 0 saturated carbocycles. The molecule has 0 amide bonds. The Morgan fingerprint density at radius 2 is 1.79 bits per heavy atom. The molecule has 0 aromatic heterocycles. The molecule has 3 nitrogen and oxygen atoms in total. The fourth-order valence-electron chi connectivity index (χ4n) is 2.29. The minimum Gasteiger partial charge on any atom is -0.369 e. The SMILES string of the molecule is NCCN1CCN(c2cccc(C(F)(F)F)c2)CC1. The Balaban J connectivity index is 2.03. The first-order valence-corrected chi connectivity index (χ1v) is 6.35. The minimum absolute atomic E-state index is 0.589. The van der Waals surface area contributed by atoms with Crippen LogP contribution in [0.4, 0.5) is 18.9 Å². The molecule has 1 aliphatic heterocycles. The number of nitrogens with two attached hydrogens (primary N) is 1. The molecule has 1 heterocycles. The average Bonchev–Trinajstić information content (AvgIpc) is 2.39.